The van der Waals surface area contributed by atoms with Crippen LogP contribution in [0.1, 0.15) is 0 Å². The lowest BCUT2D eigenvalue weighted by molar-refractivity contribution is 0.561. The first kappa shape index (κ1) is 15.9. The van der Waals surface area contributed by atoms with Crippen LogP contribution in [-0.4, -0.2) is 8.42 Å². The van der Waals surface area contributed by atoms with Crippen LogP contribution in [0, 0.1) is 0 Å². The van der Waals surface area contributed by atoms with E-state index in [0.29, 0.717) is 21.7 Å². The van der Waals surface area contributed by atoms with E-state index in [1.165, 1.54) is 36.4 Å². The van der Waals surface area contributed by atoms with Crippen LogP contribution >= 0.6 is 23.2 Å². The van der Waals surface area contributed by atoms with Crippen molar-refractivity contribution in [2.45, 2.75) is 4.90 Å². The van der Waals surface area contributed by atoms with Crippen LogP contribution < -0.4 is 10.3 Å². The molecule has 0 fully saturated rings. The van der Waals surface area contributed by atoms with E-state index in [4.69, 9.17) is 27.6 Å². The average Bonchev–Trinajstić information content (AvgIpc) is 2.46. The van der Waals surface area contributed by atoms with E-state index < -0.39 is 15.6 Å². The monoisotopic (exact) mass is 369 g/mol. The molecule has 3 rings (SSSR count). The van der Waals surface area contributed by atoms with Crippen LogP contribution in [0.2, 0.25) is 10.0 Å². The number of sulfonamides is 1. The first-order chi connectivity index (χ1) is 10.8. The second kappa shape index (κ2) is 5.88. The van der Waals surface area contributed by atoms with E-state index in [1.807, 2.05) is 0 Å². The Labute approximate surface area is 141 Å². The molecule has 0 radical (unpaired) electrons. The maximum atomic E-state index is 12.4. The number of nitrogens with one attached hydrogen (secondary N) is 1. The first-order valence-electron chi connectivity index (χ1n) is 6.37. The predicted molar refractivity (Wildman–Crippen MR) is 89.8 cm³/mol. The Bertz CT molecular complexity index is 1060. The zero-order valence-electron chi connectivity index (χ0n) is 11.4. The van der Waals surface area contributed by atoms with Crippen LogP contribution in [0.5, 0.6) is 0 Å². The standard InChI is InChI=1S/C15H9Cl2NO4S/c16-10-2-5-14(12(17)8-10)23(20,21)18-11-3-4-13-9(7-11)1-6-15(19)22-13/h1-8,18H. The summed E-state index contributed by atoms with van der Waals surface area (Å²) in [7, 11) is -3.87. The molecular formula is C15H9Cl2NO4S. The molecule has 2 aromatic carbocycles. The molecule has 3 aromatic rings. The quantitative estimate of drug-likeness (QED) is 0.710. The van der Waals surface area contributed by atoms with E-state index in [0.717, 1.165) is 0 Å². The van der Waals surface area contributed by atoms with Gasteiger partial charge in [0.25, 0.3) is 10.0 Å². The van der Waals surface area contributed by atoms with Crippen molar-refractivity contribution in [1.29, 1.82) is 0 Å². The third kappa shape index (κ3) is 3.34. The highest BCUT2D eigenvalue weighted by Gasteiger charge is 2.18. The SMILES string of the molecule is O=c1ccc2cc(NS(=O)(=O)c3ccc(Cl)cc3Cl)ccc2o1. The van der Waals surface area contributed by atoms with Gasteiger partial charge in [0.05, 0.1) is 5.02 Å². The number of rotatable bonds is 3. The summed E-state index contributed by atoms with van der Waals surface area (Å²) in [5.74, 6) is 0. The molecule has 0 saturated heterocycles. The number of halogens is 2. The van der Waals surface area contributed by atoms with Gasteiger partial charge in [-0.25, -0.2) is 13.2 Å². The minimum Gasteiger partial charge on any atom is -0.423 e. The van der Waals surface area contributed by atoms with Gasteiger partial charge in [-0.3, -0.25) is 4.72 Å². The molecule has 0 atom stereocenters. The molecule has 0 saturated carbocycles. The van der Waals surface area contributed by atoms with Crippen molar-refractivity contribution in [3.8, 4) is 0 Å². The minimum absolute atomic E-state index is 0.0248. The fourth-order valence-electron chi connectivity index (χ4n) is 2.04. The second-order valence-corrected chi connectivity index (χ2v) is 7.18. The Morgan fingerprint density at radius 3 is 2.48 bits per heavy atom. The summed E-state index contributed by atoms with van der Waals surface area (Å²) in [6.45, 7) is 0. The molecule has 23 heavy (non-hydrogen) atoms. The van der Waals surface area contributed by atoms with Gasteiger partial charge in [-0.1, -0.05) is 23.2 Å². The van der Waals surface area contributed by atoms with Crippen LogP contribution in [0.4, 0.5) is 5.69 Å². The highest BCUT2D eigenvalue weighted by molar-refractivity contribution is 7.92. The maximum Gasteiger partial charge on any atom is 0.336 e. The molecule has 0 aliphatic heterocycles. The number of hydrogen-bond acceptors (Lipinski definition) is 4. The first-order valence-corrected chi connectivity index (χ1v) is 8.61. The molecule has 0 bridgehead atoms. The zero-order chi connectivity index (χ0) is 16.6. The second-order valence-electron chi connectivity index (χ2n) is 4.69. The number of fused-ring (bicyclic) bond motifs is 1. The molecule has 1 aromatic heterocycles. The minimum atomic E-state index is -3.87. The van der Waals surface area contributed by atoms with Gasteiger partial charge in [-0.2, -0.15) is 0 Å². The topological polar surface area (TPSA) is 76.4 Å². The van der Waals surface area contributed by atoms with Gasteiger partial charge in [-0.05, 0) is 42.5 Å². The molecule has 0 aliphatic rings. The Kier molecular flexibility index (Phi) is 4.06. The van der Waals surface area contributed by atoms with Crippen LogP contribution in [0.15, 0.2) is 62.6 Å². The van der Waals surface area contributed by atoms with Gasteiger partial charge >= 0.3 is 5.63 Å². The molecule has 1 N–H and O–H groups in total. The zero-order valence-corrected chi connectivity index (χ0v) is 13.7. The molecule has 0 aliphatic carbocycles. The Morgan fingerprint density at radius 1 is 0.957 bits per heavy atom. The summed E-state index contributed by atoms with van der Waals surface area (Å²) in [5.41, 5.74) is 0.209. The lowest BCUT2D eigenvalue weighted by Crippen LogP contribution is -2.13. The number of benzene rings is 2. The largest absolute Gasteiger partial charge is 0.423 e. The summed E-state index contributed by atoms with van der Waals surface area (Å²) >= 11 is 11.7. The van der Waals surface area contributed by atoms with Gasteiger partial charge in [0.15, 0.2) is 0 Å². The van der Waals surface area contributed by atoms with Gasteiger partial charge < -0.3 is 4.42 Å². The van der Waals surface area contributed by atoms with E-state index in [9.17, 15) is 13.2 Å². The predicted octanol–water partition coefficient (Wildman–Crippen LogP) is 3.90. The Morgan fingerprint density at radius 2 is 1.74 bits per heavy atom. The third-order valence-electron chi connectivity index (χ3n) is 3.05. The summed E-state index contributed by atoms with van der Waals surface area (Å²) in [6, 6.07) is 11.5. The molecule has 0 unspecified atom stereocenters. The summed E-state index contributed by atoms with van der Waals surface area (Å²) in [6.07, 6.45) is 0. The molecule has 8 heteroatoms. The van der Waals surface area contributed by atoms with Crippen molar-refractivity contribution in [3.05, 3.63) is 69.0 Å². The molecule has 0 amide bonds. The Balaban J connectivity index is 2.00. The van der Waals surface area contributed by atoms with Crippen molar-refractivity contribution in [1.82, 2.24) is 0 Å². The Hall–Kier alpha value is -2.02. The highest BCUT2D eigenvalue weighted by atomic mass is 35.5. The maximum absolute atomic E-state index is 12.4. The van der Waals surface area contributed by atoms with E-state index >= 15 is 0 Å². The third-order valence-corrected chi connectivity index (χ3v) is 5.15. The van der Waals surface area contributed by atoms with Crippen molar-refractivity contribution in [3.63, 3.8) is 0 Å². The van der Waals surface area contributed by atoms with Crippen LogP contribution in [-0.2, 0) is 10.0 Å². The smallest absolute Gasteiger partial charge is 0.336 e. The van der Waals surface area contributed by atoms with Gasteiger partial charge in [0.1, 0.15) is 10.5 Å². The number of anilines is 1. The average molecular weight is 370 g/mol. The lowest BCUT2D eigenvalue weighted by atomic mass is 10.2. The summed E-state index contributed by atoms with van der Waals surface area (Å²) in [4.78, 5) is 11.1. The molecule has 1 heterocycles. The highest BCUT2D eigenvalue weighted by Crippen LogP contribution is 2.27. The summed E-state index contributed by atoms with van der Waals surface area (Å²) in [5, 5.41) is 0.957. The van der Waals surface area contributed by atoms with Crippen LogP contribution in [0.3, 0.4) is 0 Å². The van der Waals surface area contributed by atoms with Crippen molar-refractivity contribution >= 4 is 49.9 Å². The molecule has 5 nitrogen and oxygen atoms in total. The lowest BCUT2D eigenvalue weighted by Gasteiger charge is -2.10. The van der Waals surface area contributed by atoms with Gasteiger partial charge in [0, 0.05) is 22.2 Å². The van der Waals surface area contributed by atoms with Crippen molar-refractivity contribution in [2.75, 3.05) is 4.72 Å². The van der Waals surface area contributed by atoms with Gasteiger partial charge in [0.2, 0.25) is 0 Å². The number of hydrogen-bond donors (Lipinski definition) is 1. The molecule has 0 spiro atoms. The van der Waals surface area contributed by atoms with Gasteiger partial charge in [-0.15, -0.1) is 0 Å². The van der Waals surface area contributed by atoms with Crippen molar-refractivity contribution in [2.24, 2.45) is 0 Å². The fraction of sp³-hybridized carbons (Fsp3) is 0. The van der Waals surface area contributed by atoms with Crippen LogP contribution in [0.25, 0.3) is 11.0 Å². The fourth-order valence-corrected chi connectivity index (χ4v) is 3.86. The molecule has 118 valence electrons. The normalized spacial score (nSPS) is 11.6. The van der Waals surface area contributed by atoms with E-state index in [2.05, 4.69) is 4.72 Å². The molecular weight excluding hydrogens is 361 g/mol. The van der Waals surface area contributed by atoms with E-state index in [1.54, 1.807) is 12.1 Å². The van der Waals surface area contributed by atoms with Crippen molar-refractivity contribution < 1.29 is 12.8 Å². The van der Waals surface area contributed by atoms with E-state index in [-0.39, 0.29) is 9.92 Å². The summed E-state index contributed by atoms with van der Waals surface area (Å²) < 4.78 is 32.2.